The molecule has 0 fully saturated rings. The van der Waals surface area contributed by atoms with Crippen molar-refractivity contribution in [1.82, 2.24) is 9.97 Å². The fraction of sp³-hybridized carbons (Fsp3) is 0.333. The van der Waals surface area contributed by atoms with Crippen molar-refractivity contribution in [2.45, 2.75) is 32.1 Å². The number of hydrogen-bond donors (Lipinski definition) is 0. The summed E-state index contributed by atoms with van der Waals surface area (Å²) in [6, 6.07) is 4.40. The van der Waals surface area contributed by atoms with Crippen LogP contribution in [0.5, 0.6) is 0 Å². The first-order valence-electron chi connectivity index (χ1n) is 6.44. The maximum Gasteiger partial charge on any atom is 0.0931 e. The molecule has 2 nitrogen and oxygen atoms in total. The van der Waals surface area contributed by atoms with Gasteiger partial charge in [-0.15, -0.1) is 0 Å². The number of pyridine rings is 2. The number of aromatic nitrogens is 2. The summed E-state index contributed by atoms with van der Waals surface area (Å²) in [6.07, 6.45) is 5.82. The van der Waals surface area contributed by atoms with Gasteiger partial charge in [-0.05, 0) is 68.0 Å². The van der Waals surface area contributed by atoms with E-state index in [0.717, 1.165) is 33.2 Å². The Bertz CT molecular complexity index is 595. The largest absolute Gasteiger partial charge is 0.253 e. The van der Waals surface area contributed by atoms with Crippen molar-refractivity contribution in [2.24, 2.45) is 0 Å². The second-order valence-corrected chi connectivity index (χ2v) is 6.72. The average molecular weight is 382 g/mol. The maximum atomic E-state index is 4.60. The smallest absolute Gasteiger partial charge is 0.0931 e. The van der Waals surface area contributed by atoms with E-state index >= 15 is 0 Å². The minimum absolute atomic E-state index is 0.0399. The molecule has 19 heavy (non-hydrogen) atoms. The van der Waals surface area contributed by atoms with Crippen LogP contribution in [0.1, 0.15) is 37.8 Å². The molecule has 2 heterocycles. The number of halogens is 2. The van der Waals surface area contributed by atoms with Crippen molar-refractivity contribution in [1.29, 1.82) is 0 Å². The number of hydrogen-bond acceptors (Lipinski definition) is 2. The first kappa shape index (κ1) is 13.3. The molecule has 98 valence electrons. The zero-order chi connectivity index (χ0) is 13.6. The highest BCUT2D eigenvalue weighted by Gasteiger charge is 2.42. The molecule has 0 amide bonds. The molecule has 0 N–H and O–H groups in total. The Hall–Kier alpha value is -0.740. The van der Waals surface area contributed by atoms with Gasteiger partial charge in [0.2, 0.25) is 0 Å². The van der Waals surface area contributed by atoms with Crippen molar-refractivity contribution < 1.29 is 0 Å². The summed E-state index contributed by atoms with van der Waals surface area (Å²) in [5.41, 5.74) is 4.71. The summed E-state index contributed by atoms with van der Waals surface area (Å²) >= 11 is 7.08. The van der Waals surface area contributed by atoms with Gasteiger partial charge >= 0.3 is 0 Å². The second-order valence-electron chi connectivity index (χ2n) is 4.89. The molecule has 0 radical (unpaired) electrons. The fourth-order valence-electron chi connectivity index (χ4n) is 3.14. The third-order valence-electron chi connectivity index (χ3n) is 4.17. The van der Waals surface area contributed by atoms with Crippen LogP contribution in [-0.4, -0.2) is 9.97 Å². The van der Waals surface area contributed by atoms with Gasteiger partial charge in [0.1, 0.15) is 0 Å². The lowest BCUT2D eigenvalue weighted by molar-refractivity contribution is 0.488. The number of rotatable bonds is 2. The molecule has 0 unspecified atom stereocenters. The summed E-state index contributed by atoms with van der Waals surface area (Å²) < 4.78 is 2.06. The van der Waals surface area contributed by atoms with Gasteiger partial charge in [0.05, 0.1) is 11.4 Å². The standard InChI is InChI=1S/C15H14Br2N2/c1-3-15(4-2)11-5-9(16)7-18-13(11)14-12(15)6-10(17)8-19-14/h5-8H,3-4H2,1-2H3. The van der Waals surface area contributed by atoms with E-state index in [4.69, 9.17) is 0 Å². The lowest BCUT2D eigenvalue weighted by atomic mass is 9.74. The van der Waals surface area contributed by atoms with Crippen LogP contribution in [0, 0.1) is 0 Å². The predicted molar refractivity (Wildman–Crippen MR) is 84.2 cm³/mol. The topological polar surface area (TPSA) is 25.8 Å². The normalized spacial score (nSPS) is 15.2. The quantitative estimate of drug-likeness (QED) is 0.724. The molecule has 0 spiro atoms. The first-order chi connectivity index (χ1) is 9.12. The highest BCUT2D eigenvalue weighted by Crippen LogP contribution is 2.51. The van der Waals surface area contributed by atoms with E-state index in [9.17, 15) is 0 Å². The van der Waals surface area contributed by atoms with Crippen LogP contribution < -0.4 is 0 Å². The molecule has 2 aromatic heterocycles. The molecule has 0 atom stereocenters. The van der Waals surface area contributed by atoms with Gasteiger partial charge in [0.15, 0.2) is 0 Å². The minimum atomic E-state index is 0.0399. The molecule has 3 rings (SSSR count). The van der Waals surface area contributed by atoms with E-state index in [0.29, 0.717) is 0 Å². The fourth-order valence-corrected chi connectivity index (χ4v) is 3.81. The number of fused-ring (bicyclic) bond motifs is 3. The lowest BCUT2D eigenvalue weighted by Crippen LogP contribution is -2.23. The van der Waals surface area contributed by atoms with Crippen molar-refractivity contribution in [3.8, 4) is 11.4 Å². The summed E-state index contributed by atoms with van der Waals surface area (Å²) in [5.74, 6) is 0. The average Bonchev–Trinajstić information content (AvgIpc) is 2.67. The van der Waals surface area contributed by atoms with Crippen LogP contribution in [0.2, 0.25) is 0 Å². The Morgan fingerprint density at radius 2 is 1.32 bits per heavy atom. The van der Waals surface area contributed by atoms with Crippen LogP contribution >= 0.6 is 31.9 Å². The summed E-state index contributed by atoms with van der Waals surface area (Å²) in [4.78, 5) is 9.19. The van der Waals surface area contributed by atoms with Crippen LogP contribution in [-0.2, 0) is 5.41 Å². The Morgan fingerprint density at radius 1 is 0.895 bits per heavy atom. The van der Waals surface area contributed by atoms with Crippen LogP contribution in [0.15, 0.2) is 33.5 Å². The summed E-state index contributed by atoms with van der Waals surface area (Å²) in [5, 5.41) is 0. The Morgan fingerprint density at radius 3 is 1.68 bits per heavy atom. The van der Waals surface area contributed by atoms with Gasteiger partial charge in [-0.2, -0.15) is 0 Å². The summed E-state index contributed by atoms with van der Waals surface area (Å²) in [6.45, 7) is 4.48. The van der Waals surface area contributed by atoms with Gasteiger partial charge in [0, 0.05) is 26.8 Å². The van der Waals surface area contributed by atoms with Gasteiger partial charge in [-0.3, -0.25) is 9.97 Å². The van der Waals surface area contributed by atoms with Crippen LogP contribution in [0.3, 0.4) is 0 Å². The molecule has 0 saturated heterocycles. The molecule has 0 aliphatic heterocycles. The van der Waals surface area contributed by atoms with Crippen molar-refractivity contribution in [2.75, 3.05) is 0 Å². The van der Waals surface area contributed by atoms with E-state index in [1.807, 2.05) is 12.4 Å². The maximum absolute atomic E-state index is 4.60. The van der Waals surface area contributed by atoms with E-state index in [2.05, 4.69) is 67.8 Å². The zero-order valence-electron chi connectivity index (χ0n) is 10.9. The van der Waals surface area contributed by atoms with Gasteiger partial charge in [-0.1, -0.05) is 13.8 Å². The SMILES string of the molecule is CCC1(CC)c2cc(Br)cnc2-c2ncc(Br)cc21. The Balaban J connectivity index is 2.38. The van der Waals surface area contributed by atoms with Crippen molar-refractivity contribution in [3.63, 3.8) is 0 Å². The third-order valence-corrected chi connectivity index (χ3v) is 5.04. The van der Waals surface area contributed by atoms with Crippen molar-refractivity contribution in [3.05, 3.63) is 44.6 Å². The molecule has 0 aromatic carbocycles. The molecule has 1 aliphatic carbocycles. The first-order valence-corrected chi connectivity index (χ1v) is 8.03. The molecule has 0 saturated carbocycles. The van der Waals surface area contributed by atoms with Crippen molar-refractivity contribution >= 4 is 31.9 Å². The van der Waals surface area contributed by atoms with E-state index in [1.54, 1.807) is 0 Å². The zero-order valence-corrected chi connectivity index (χ0v) is 14.0. The monoisotopic (exact) mass is 380 g/mol. The highest BCUT2D eigenvalue weighted by molar-refractivity contribution is 9.10. The Kier molecular flexibility index (Phi) is 3.26. The highest BCUT2D eigenvalue weighted by atomic mass is 79.9. The molecule has 2 aromatic rings. The van der Waals surface area contributed by atoms with E-state index in [1.165, 1.54) is 11.1 Å². The Labute approximate surface area is 129 Å². The molecular formula is C15H14Br2N2. The van der Waals surface area contributed by atoms with E-state index in [-0.39, 0.29) is 5.41 Å². The van der Waals surface area contributed by atoms with Gasteiger partial charge in [0.25, 0.3) is 0 Å². The van der Waals surface area contributed by atoms with E-state index < -0.39 is 0 Å². The third kappa shape index (κ3) is 1.80. The minimum Gasteiger partial charge on any atom is -0.253 e. The van der Waals surface area contributed by atoms with Crippen LogP contribution in [0.4, 0.5) is 0 Å². The lowest BCUT2D eigenvalue weighted by Gasteiger charge is -2.29. The molecular weight excluding hydrogens is 368 g/mol. The van der Waals surface area contributed by atoms with Gasteiger partial charge in [-0.25, -0.2) is 0 Å². The van der Waals surface area contributed by atoms with Crippen LogP contribution in [0.25, 0.3) is 11.4 Å². The second kappa shape index (κ2) is 4.67. The molecule has 4 heteroatoms. The molecule has 1 aliphatic rings. The number of nitrogens with zero attached hydrogens (tertiary/aromatic N) is 2. The summed E-state index contributed by atoms with van der Waals surface area (Å²) in [7, 11) is 0. The predicted octanol–water partition coefficient (Wildman–Crippen LogP) is 5.09. The van der Waals surface area contributed by atoms with Gasteiger partial charge < -0.3 is 0 Å². The molecule has 0 bridgehead atoms.